The smallest absolute Gasteiger partial charge is 0.411 e. The normalized spacial score (nSPS) is 20.1. The summed E-state index contributed by atoms with van der Waals surface area (Å²) in [5.41, 5.74) is 11.0. The lowest BCUT2D eigenvalue weighted by Crippen LogP contribution is -2.58. The Hall–Kier alpha value is -3.35. The lowest BCUT2D eigenvalue weighted by Gasteiger charge is -2.36. The molecule has 2 amide bonds. The van der Waals surface area contributed by atoms with Crippen LogP contribution < -0.4 is 11.1 Å². The molecule has 6 nitrogen and oxygen atoms in total. The van der Waals surface area contributed by atoms with Crippen molar-refractivity contribution >= 4 is 24.4 Å². The van der Waals surface area contributed by atoms with E-state index in [0.717, 1.165) is 39.8 Å². The molecule has 1 aliphatic heterocycles. The molecule has 1 fully saturated rings. The number of carbonyl (C=O) groups is 2. The standard InChI is InChI=1S/C30H33N3O3.ClH/c1-20-16-18-33(30(20,2)28(34)32-17-15-21-11-13-22(19-31)14-12-21)29(35)36-27-25-9-5-3-7-23(25)24-8-4-6-10-26(24)27;/h3-14,20,27H,15-19,31H2,1-2H3,(H,32,34);1H. The summed E-state index contributed by atoms with van der Waals surface area (Å²) >= 11 is 0. The zero-order valence-electron chi connectivity index (χ0n) is 21.3. The summed E-state index contributed by atoms with van der Waals surface area (Å²) in [6.45, 7) is 5.37. The highest BCUT2D eigenvalue weighted by Crippen LogP contribution is 2.46. The molecule has 0 aromatic heterocycles. The fraction of sp³-hybridized carbons (Fsp3) is 0.333. The molecule has 0 saturated carbocycles. The lowest BCUT2D eigenvalue weighted by molar-refractivity contribution is -0.132. The molecule has 5 rings (SSSR count). The van der Waals surface area contributed by atoms with E-state index in [0.29, 0.717) is 26.1 Å². The average Bonchev–Trinajstić information content (AvgIpc) is 3.39. The van der Waals surface area contributed by atoms with Crippen LogP contribution in [0, 0.1) is 5.92 Å². The third kappa shape index (κ3) is 4.83. The van der Waals surface area contributed by atoms with Crippen LogP contribution >= 0.6 is 12.4 Å². The second-order valence-electron chi connectivity index (χ2n) is 9.95. The molecule has 37 heavy (non-hydrogen) atoms. The Morgan fingerprint density at radius 3 is 2.14 bits per heavy atom. The maximum atomic E-state index is 13.6. The number of rotatable bonds is 6. The summed E-state index contributed by atoms with van der Waals surface area (Å²) in [6.07, 6.45) is 0.522. The van der Waals surface area contributed by atoms with Gasteiger partial charge in [0.05, 0.1) is 0 Å². The van der Waals surface area contributed by atoms with Crippen molar-refractivity contribution in [2.24, 2.45) is 11.7 Å². The molecule has 3 aromatic carbocycles. The third-order valence-corrected chi connectivity index (χ3v) is 7.94. The number of nitrogens with zero attached hydrogens (tertiary/aromatic N) is 1. The van der Waals surface area contributed by atoms with Crippen LogP contribution in [0.1, 0.15) is 48.6 Å². The minimum atomic E-state index is -0.974. The van der Waals surface area contributed by atoms with E-state index in [1.807, 2.05) is 74.5 Å². The van der Waals surface area contributed by atoms with Crippen molar-refractivity contribution in [1.29, 1.82) is 0 Å². The highest BCUT2D eigenvalue weighted by Gasteiger charge is 2.52. The first-order valence-corrected chi connectivity index (χ1v) is 12.7. The topological polar surface area (TPSA) is 84.7 Å². The van der Waals surface area contributed by atoms with Crippen molar-refractivity contribution in [3.05, 3.63) is 95.1 Å². The van der Waals surface area contributed by atoms with Crippen LogP contribution in [0.25, 0.3) is 11.1 Å². The SMILES string of the molecule is CC1CCN(C(=O)OC2c3ccccc3-c3ccccc32)C1(C)C(=O)NCCc1ccc(CN)cc1.Cl. The quantitative estimate of drug-likeness (QED) is 0.467. The number of carbonyl (C=O) groups excluding carboxylic acids is 2. The van der Waals surface area contributed by atoms with E-state index >= 15 is 0 Å². The fourth-order valence-electron chi connectivity index (χ4n) is 5.47. The molecule has 3 N–H and O–H groups in total. The number of nitrogens with one attached hydrogen (secondary N) is 1. The van der Waals surface area contributed by atoms with Gasteiger partial charge in [-0.1, -0.05) is 79.7 Å². The molecule has 1 saturated heterocycles. The van der Waals surface area contributed by atoms with Gasteiger partial charge in [0.25, 0.3) is 0 Å². The number of likely N-dealkylation sites (tertiary alicyclic amines) is 1. The molecule has 1 aliphatic carbocycles. The molecule has 0 bridgehead atoms. The van der Waals surface area contributed by atoms with E-state index < -0.39 is 17.7 Å². The predicted octanol–water partition coefficient (Wildman–Crippen LogP) is 5.23. The second-order valence-corrected chi connectivity index (χ2v) is 9.95. The van der Waals surface area contributed by atoms with E-state index in [1.54, 1.807) is 4.90 Å². The van der Waals surface area contributed by atoms with Crippen LogP contribution in [-0.2, 0) is 22.5 Å². The van der Waals surface area contributed by atoms with Gasteiger partial charge < -0.3 is 15.8 Å². The van der Waals surface area contributed by atoms with E-state index in [2.05, 4.69) is 17.4 Å². The Morgan fingerprint density at radius 2 is 1.54 bits per heavy atom. The van der Waals surface area contributed by atoms with E-state index in [9.17, 15) is 9.59 Å². The first-order chi connectivity index (χ1) is 17.4. The van der Waals surface area contributed by atoms with Gasteiger partial charge in [-0.2, -0.15) is 0 Å². The highest BCUT2D eigenvalue weighted by atomic mass is 35.5. The summed E-state index contributed by atoms with van der Waals surface area (Å²) in [7, 11) is 0. The molecular weight excluding hydrogens is 486 g/mol. The van der Waals surface area contributed by atoms with E-state index in [1.165, 1.54) is 0 Å². The largest absolute Gasteiger partial charge is 0.436 e. The third-order valence-electron chi connectivity index (χ3n) is 7.94. The number of ether oxygens (including phenoxy) is 1. The summed E-state index contributed by atoms with van der Waals surface area (Å²) < 4.78 is 6.13. The molecule has 0 radical (unpaired) electrons. The van der Waals surface area contributed by atoms with Crippen molar-refractivity contribution in [2.45, 2.75) is 44.9 Å². The fourth-order valence-corrected chi connectivity index (χ4v) is 5.47. The lowest BCUT2D eigenvalue weighted by atomic mass is 9.87. The van der Waals surface area contributed by atoms with Crippen molar-refractivity contribution in [3.63, 3.8) is 0 Å². The maximum Gasteiger partial charge on any atom is 0.411 e. The first kappa shape index (κ1) is 26.7. The molecule has 7 heteroatoms. The van der Waals surface area contributed by atoms with Crippen LogP contribution in [0.3, 0.4) is 0 Å². The molecule has 2 aliphatic rings. The van der Waals surface area contributed by atoms with Crippen molar-refractivity contribution in [2.75, 3.05) is 13.1 Å². The number of halogens is 1. The van der Waals surface area contributed by atoms with Gasteiger partial charge in [-0.05, 0) is 47.9 Å². The molecule has 194 valence electrons. The Labute approximate surface area is 224 Å². The summed E-state index contributed by atoms with van der Waals surface area (Å²) in [5.74, 6) is -0.132. The van der Waals surface area contributed by atoms with Crippen LogP contribution in [0.15, 0.2) is 72.8 Å². The number of benzene rings is 3. The van der Waals surface area contributed by atoms with E-state index in [-0.39, 0.29) is 24.2 Å². The van der Waals surface area contributed by atoms with E-state index in [4.69, 9.17) is 10.5 Å². The number of amides is 2. The van der Waals surface area contributed by atoms with Gasteiger partial charge in [0.15, 0.2) is 6.10 Å². The van der Waals surface area contributed by atoms with Gasteiger partial charge >= 0.3 is 6.09 Å². The monoisotopic (exact) mass is 519 g/mol. The molecule has 2 atom stereocenters. The van der Waals surface area contributed by atoms with Crippen LogP contribution in [0.2, 0.25) is 0 Å². The van der Waals surface area contributed by atoms with Crippen LogP contribution in [0.5, 0.6) is 0 Å². The van der Waals surface area contributed by atoms with Crippen molar-refractivity contribution in [3.8, 4) is 11.1 Å². The van der Waals surface area contributed by atoms with Gasteiger partial charge in [-0.15, -0.1) is 12.4 Å². The Bertz CT molecular complexity index is 1230. The first-order valence-electron chi connectivity index (χ1n) is 12.7. The minimum Gasteiger partial charge on any atom is -0.436 e. The number of nitrogens with two attached hydrogens (primary N) is 1. The average molecular weight is 520 g/mol. The number of hydrogen-bond acceptors (Lipinski definition) is 4. The number of hydrogen-bond donors (Lipinski definition) is 2. The molecular formula is C30H34ClN3O3. The van der Waals surface area contributed by atoms with Gasteiger partial charge in [-0.3, -0.25) is 9.69 Å². The van der Waals surface area contributed by atoms with Crippen LogP contribution in [-0.4, -0.2) is 35.5 Å². The zero-order chi connectivity index (χ0) is 25.3. The Morgan fingerprint density at radius 1 is 0.973 bits per heavy atom. The molecule has 2 unspecified atom stereocenters. The molecule has 0 spiro atoms. The second kappa shape index (κ2) is 11.0. The maximum absolute atomic E-state index is 13.6. The predicted molar refractivity (Wildman–Crippen MR) is 147 cm³/mol. The summed E-state index contributed by atoms with van der Waals surface area (Å²) in [5, 5.41) is 3.07. The van der Waals surface area contributed by atoms with Gasteiger partial charge in [0.2, 0.25) is 5.91 Å². The van der Waals surface area contributed by atoms with Gasteiger partial charge in [0, 0.05) is 30.8 Å². The summed E-state index contributed by atoms with van der Waals surface area (Å²) in [6, 6.07) is 24.1. The summed E-state index contributed by atoms with van der Waals surface area (Å²) in [4.78, 5) is 28.6. The van der Waals surface area contributed by atoms with Gasteiger partial charge in [0.1, 0.15) is 5.54 Å². The Balaban J connectivity index is 0.00000320. The number of fused-ring (bicyclic) bond motifs is 3. The van der Waals surface area contributed by atoms with Gasteiger partial charge in [-0.25, -0.2) is 4.79 Å². The minimum absolute atomic E-state index is 0. The Kier molecular flexibility index (Phi) is 7.90. The zero-order valence-corrected chi connectivity index (χ0v) is 22.1. The highest BCUT2D eigenvalue weighted by molar-refractivity contribution is 5.91. The molecule has 1 heterocycles. The van der Waals surface area contributed by atoms with Crippen molar-refractivity contribution < 1.29 is 14.3 Å². The van der Waals surface area contributed by atoms with Crippen molar-refractivity contribution in [1.82, 2.24) is 10.2 Å². The molecule has 3 aromatic rings. The van der Waals surface area contributed by atoms with Crippen LogP contribution in [0.4, 0.5) is 4.79 Å².